The number of aromatic nitrogens is 3. The minimum absolute atomic E-state index is 0.0575. The highest BCUT2D eigenvalue weighted by atomic mass is 32.2. The minimum Gasteiger partial charge on any atom is -0.496 e. The first-order valence-corrected chi connectivity index (χ1v) is 9.21. The van der Waals surface area contributed by atoms with Crippen molar-refractivity contribution in [3.05, 3.63) is 36.9 Å². The number of urea groups is 1. The van der Waals surface area contributed by atoms with Crippen LogP contribution in [0.3, 0.4) is 0 Å². The number of benzene rings is 1. The fourth-order valence-corrected chi connectivity index (χ4v) is 3.54. The fourth-order valence-electron chi connectivity index (χ4n) is 2.50. The molecule has 2 aromatic rings. The van der Waals surface area contributed by atoms with Crippen LogP contribution in [0.15, 0.2) is 42.1 Å². The van der Waals surface area contributed by atoms with Crippen LogP contribution in [0, 0.1) is 5.92 Å². The van der Waals surface area contributed by atoms with E-state index in [0.29, 0.717) is 23.3 Å². The van der Waals surface area contributed by atoms with Gasteiger partial charge in [0.05, 0.1) is 17.9 Å². The predicted octanol–water partition coefficient (Wildman–Crippen LogP) is 2.45. The molecular weight excluding hydrogens is 366 g/mol. The molecule has 0 fully saturated rings. The third kappa shape index (κ3) is 4.88. The number of imide groups is 1. The quantitative estimate of drug-likeness (QED) is 0.530. The predicted molar refractivity (Wildman–Crippen MR) is 104 cm³/mol. The topological polar surface area (TPSA) is 112 Å². The van der Waals surface area contributed by atoms with Gasteiger partial charge < -0.3 is 10.5 Å². The summed E-state index contributed by atoms with van der Waals surface area (Å²) in [5.41, 5.74) is 5.86. The smallest absolute Gasteiger partial charge is 0.318 e. The van der Waals surface area contributed by atoms with Gasteiger partial charge in [0.1, 0.15) is 5.75 Å². The Balaban J connectivity index is 2.42. The highest BCUT2D eigenvalue weighted by molar-refractivity contribution is 8.00. The van der Waals surface area contributed by atoms with Crippen LogP contribution in [-0.2, 0) is 11.3 Å². The molecule has 27 heavy (non-hydrogen) atoms. The molecule has 1 aromatic carbocycles. The summed E-state index contributed by atoms with van der Waals surface area (Å²) in [7, 11) is 1.59. The second-order valence-electron chi connectivity index (χ2n) is 6.04. The first-order valence-electron chi connectivity index (χ1n) is 8.33. The molecule has 0 saturated carbocycles. The Morgan fingerprint density at radius 2 is 2.07 bits per heavy atom. The molecule has 8 nitrogen and oxygen atoms in total. The van der Waals surface area contributed by atoms with E-state index in [1.807, 2.05) is 42.7 Å². The molecule has 0 spiro atoms. The Morgan fingerprint density at radius 1 is 1.37 bits per heavy atom. The molecule has 0 aliphatic heterocycles. The summed E-state index contributed by atoms with van der Waals surface area (Å²) in [5.74, 6) is 0.749. The van der Waals surface area contributed by atoms with Gasteiger partial charge >= 0.3 is 6.03 Å². The summed E-state index contributed by atoms with van der Waals surface area (Å²) in [5, 5.41) is 10.6. The molecule has 0 radical (unpaired) electrons. The number of carbonyl (C=O) groups excluding carboxylic acids is 2. The zero-order valence-electron chi connectivity index (χ0n) is 15.5. The number of nitrogens with zero attached hydrogens (tertiary/aromatic N) is 3. The van der Waals surface area contributed by atoms with Gasteiger partial charge in [-0.3, -0.25) is 14.7 Å². The van der Waals surface area contributed by atoms with Crippen molar-refractivity contribution in [2.75, 3.05) is 7.11 Å². The van der Waals surface area contributed by atoms with Crippen molar-refractivity contribution in [3.63, 3.8) is 0 Å². The summed E-state index contributed by atoms with van der Waals surface area (Å²) in [6.45, 7) is 8.00. The fraction of sp³-hybridized carbons (Fsp3) is 0.333. The third-order valence-electron chi connectivity index (χ3n) is 3.72. The number of allylic oxidation sites excluding steroid dienone is 1. The average molecular weight is 389 g/mol. The Kier molecular flexibility index (Phi) is 7.00. The maximum Gasteiger partial charge on any atom is 0.318 e. The number of rotatable bonds is 8. The highest BCUT2D eigenvalue weighted by Crippen LogP contribution is 2.33. The molecule has 9 heteroatoms. The molecule has 144 valence electrons. The first-order chi connectivity index (χ1) is 12.9. The second kappa shape index (κ2) is 9.22. The number of amides is 3. The number of nitrogens with one attached hydrogen (secondary N) is 1. The summed E-state index contributed by atoms with van der Waals surface area (Å²) in [6.07, 6.45) is 1.72. The van der Waals surface area contributed by atoms with Gasteiger partial charge in [0, 0.05) is 6.54 Å². The van der Waals surface area contributed by atoms with E-state index in [-0.39, 0.29) is 5.92 Å². The molecule has 0 aliphatic rings. The van der Waals surface area contributed by atoms with Crippen LogP contribution >= 0.6 is 11.8 Å². The van der Waals surface area contributed by atoms with Crippen molar-refractivity contribution in [1.82, 2.24) is 20.1 Å². The Bertz CT molecular complexity index is 834. The minimum atomic E-state index is -0.881. The zero-order chi connectivity index (χ0) is 20.0. The summed E-state index contributed by atoms with van der Waals surface area (Å²) in [6, 6.07) is 6.60. The number of hydrogen-bond acceptors (Lipinski definition) is 6. The van der Waals surface area contributed by atoms with Crippen molar-refractivity contribution in [1.29, 1.82) is 0 Å². The van der Waals surface area contributed by atoms with Gasteiger partial charge in [-0.05, 0) is 18.1 Å². The Labute approximate surface area is 162 Å². The van der Waals surface area contributed by atoms with E-state index in [9.17, 15) is 9.59 Å². The van der Waals surface area contributed by atoms with Crippen LogP contribution in [0.2, 0.25) is 0 Å². The van der Waals surface area contributed by atoms with Gasteiger partial charge in [0.25, 0.3) is 0 Å². The number of primary amides is 1. The maximum atomic E-state index is 12.3. The molecule has 0 unspecified atom stereocenters. The van der Waals surface area contributed by atoms with Crippen molar-refractivity contribution >= 4 is 23.7 Å². The molecule has 1 atom stereocenters. The van der Waals surface area contributed by atoms with E-state index in [0.717, 1.165) is 5.56 Å². The van der Waals surface area contributed by atoms with Crippen LogP contribution in [0.25, 0.3) is 11.4 Å². The van der Waals surface area contributed by atoms with Crippen molar-refractivity contribution in [2.45, 2.75) is 30.8 Å². The summed E-state index contributed by atoms with van der Waals surface area (Å²) >= 11 is 1.22. The van der Waals surface area contributed by atoms with Crippen LogP contribution < -0.4 is 15.8 Å². The molecule has 1 aromatic heterocycles. The lowest BCUT2D eigenvalue weighted by atomic mass is 10.1. The number of hydrogen-bond donors (Lipinski definition) is 2. The molecule has 3 amide bonds. The van der Waals surface area contributed by atoms with Gasteiger partial charge in [-0.2, -0.15) is 0 Å². The molecule has 2 rings (SSSR count). The third-order valence-corrected chi connectivity index (χ3v) is 5.24. The maximum absolute atomic E-state index is 12.3. The molecular formula is C18H23N5O3S. The largest absolute Gasteiger partial charge is 0.496 e. The van der Waals surface area contributed by atoms with Gasteiger partial charge in [-0.1, -0.05) is 43.8 Å². The van der Waals surface area contributed by atoms with E-state index >= 15 is 0 Å². The molecule has 0 saturated heterocycles. The second-order valence-corrected chi connectivity index (χ2v) is 7.15. The number of para-hydroxylation sites is 1. The summed E-state index contributed by atoms with van der Waals surface area (Å²) in [4.78, 5) is 23.4. The number of methoxy groups -OCH3 is 1. The van der Waals surface area contributed by atoms with Crippen LogP contribution in [-0.4, -0.2) is 39.1 Å². The molecule has 3 N–H and O–H groups in total. The van der Waals surface area contributed by atoms with Gasteiger partial charge in [0.2, 0.25) is 5.91 Å². The number of thioether (sulfide) groups is 1. The van der Waals surface area contributed by atoms with Crippen molar-refractivity contribution in [2.24, 2.45) is 11.7 Å². The Morgan fingerprint density at radius 3 is 2.67 bits per heavy atom. The van der Waals surface area contributed by atoms with Crippen LogP contribution in [0.5, 0.6) is 5.75 Å². The molecule has 0 bridgehead atoms. The monoisotopic (exact) mass is 389 g/mol. The lowest BCUT2D eigenvalue weighted by molar-refractivity contribution is -0.120. The van der Waals surface area contributed by atoms with Crippen molar-refractivity contribution < 1.29 is 14.3 Å². The first kappa shape index (κ1) is 20.5. The van der Waals surface area contributed by atoms with E-state index in [2.05, 4.69) is 22.1 Å². The number of ether oxygens (including phenoxy) is 1. The van der Waals surface area contributed by atoms with E-state index in [1.165, 1.54) is 11.8 Å². The standard InChI is InChI=1S/C18H23N5O3S/c1-5-10-23-15(12-8-6-7-9-13(12)26-4)21-22-18(23)27-14(11(2)3)16(24)20-17(19)25/h5-9,11,14H,1,10H2,2-4H3,(H3,19,20,24,25)/t14-/m0/s1. The average Bonchev–Trinajstić information content (AvgIpc) is 3.01. The van der Waals surface area contributed by atoms with Crippen LogP contribution in [0.4, 0.5) is 4.79 Å². The Hall–Kier alpha value is -2.81. The molecule has 0 aliphatic carbocycles. The zero-order valence-corrected chi connectivity index (χ0v) is 16.3. The van der Waals surface area contributed by atoms with Crippen LogP contribution in [0.1, 0.15) is 13.8 Å². The lowest BCUT2D eigenvalue weighted by Gasteiger charge is -2.18. The number of nitrogens with two attached hydrogens (primary N) is 1. The summed E-state index contributed by atoms with van der Waals surface area (Å²) < 4.78 is 7.26. The van der Waals surface area contributed by atoms with Gasteiger partial charge in [0.15, 0.2) is 11.0 Å². The van der Waals surface area contributed by atoms with Crippen molar-refractivity contribution in [3.8, 4) is 17.1 Å². The van der Waals surface area contributed by atoms with E-state index in [4.69, 9.17) is 10.5 Å². The van der Waals surface area contributed by atoms with Gasteiger partial charge in [-0.15, -0.1) is 16.8 Å². The van der Waals surface area contributed by atoms with Gasteiger partial charge in [-0.25, -0.2) is 4.79 Å². The van der Waals surface area contributed by atoms with E-state index < -0.39 is 17.2 Å². The van der Waals surface area contributed by atoms with E-state index in [1.54, 1.807) is 13.2 Å². The highest BCUT2D eigenvalue weighted by Gasteiger charge is 2.28. The molecule has 1 heterocycles. The normalized spacial score (nSPS) is 11.9. The lowest BCUT2D eigenvalue weighted by Crippen LogP contribution is -2.42. The SMILES string of the molecule is C=CCn1c(S[C@H](C(=O)NC(N)=O)C(C)C)nnc1-c1ccccc1OC. The number of carbonyl (C=O) groups is 2.